The van der Waals surface area contributed by atoms with E-state index in [0.29, 0.717) is 42.6 Å². The molecule has 0 radical (unpaired) electrons. The van der Waals surface area contributed by atoms with Gasteiger partial charge in [-0.1, -0.05) is 12.1 Å². The fourth-order valence-electron chi connectivity index (χ4n) is 4.09. The van der Waals surface area contributed by atoms with Crippen molar-refractivity contribution in [1.29, 1.82) is 0 Å². The van der Waals surface area contributed by atoms with Gasteiger partial charge in [0.1, 0.15) is 11.5 Å². The summed E-state index contributed by atoms with van der Waals surface area (Å²) in [5.41, 5.74) is 2.29. The molecule has 0 aliphatic carbocycles. The lowest BCUT2D eigenvalue weighted by Gasteiger charge is -2.24. The van der Waals surface area contributed by atoms with Crippen molar-refractivity contribution in [3.8, 4) is 22.8 Å². The van der Waals surface area contributed by atoms with Crippen molar-refractivity contribution in [2.24, 2.45) is 0 Å². The summed E-state index contributed by atoms with van der Waals surface area (Å²) >= 11 is 0. The van der Waals surface area contributed by atoms with E-state index in [9.17, 15) is 18.0 Å². The minimum Gasteiger partial charge on any atom is -0.496 e. The van der Waals surface area contributed by atoms with Crippen LogP contribution in [0.5, 0.6) is 11.5 Å². The molecular weight excluding hydrogens is 477 g/mol. The number of methoxy groups -OCH3 is 1. The largest absolute Gasteiger partial charge is 0.573 e. The number of aromatic nitrogens is 1. The summed E-state index contributed by atoms with van der Waals surface area (Å²) in [6.45, 7) is 4.30. The number of rotatable bonds is 6. The number of anilines is 1. The fraction of sp³-hybridized carbons (Fsp3) is 0.360. The summed E-state index contributed by atoms with van der Waals surface area (Å²) in [5, 5.41) is 2.78. The summed E-state index contributed by atoms with van der Waals surface area (Å²) < 4.78 is 52.5. The number of nitrogens with one attached hydrogen (secondary N) is 1. The molecule has 2 amide bonds. The lowest BCUT2D eigenvalue weighted by molar-refractivity contribution is -0.274. The highest BCUT2D eigenvalue weighted by Crippen LogP contribution is 2.34. The second-order valence-corrected chi connectivity index (χ2v) is 8.31. The molecule has 0 bridgehead atoms. The van der Waals surface area contributed by atoms with E-state index in [0.717, 1.165) is 24.2 Å². The van der Waals surface area contributed by atoms with E-state index in [-0.39, 0.29) is 18.3 Å². The van der Waals surface area contributed by atoms with Gasteiger partial charge >= 0.3 is 12.4 Å². The van der Waals surface area contributed by atoms with Gasteiger partial charge in [-0.2, -0.15) is 0 Å². The molecule has 11 heteroatoms. The molecule has 2 aromatic carbocycles. The lowest BCUT2D eigenvalue weighted by atomic mass is 10.1. The topological polar surface area (TPSA) is 80.1 Å². The minimum atomic E-state index is -4.76. The van der Waals surface area contributed by atoms with Gasteiger partial charge in [-0.3, -0.25) is 0 Å². The van der Waals surface area contributed by atoms with Gasteiger partial charge in [0.25, 0.3) is 0 Å². The number of oxazole rings is 1. The van der Waals surface area contributed by atoms with Gasteiger partial charge in [-0.05, 0) is 36.2 Å². The van der Waals surface area contributed by atoms with Crippen LogP contribution in [0.15, 0.2) is 53.1 Å². The van der Waals surface area contributed by atoms with Gasteiger partial charge < -0.3 is 29.0 Å². The number of nitrogens with zero attached hydrogens (tertiary/aromatic N) is 3. The first-order valence-electron chi connectivity index (χ1n) is 11.4. The second-order valence-electron chi connectivity index (χ2n) is 8.31. The number of hydrogen-bond acceptors (Lipinski definition) is 6. The molecule has 36 heavy (non-hydrogen) atoms. The number of halogens is 3. The van der Waals surface area contributed by atoms with Gasteiger partial charge in [0.2, 0.25) is 0 Å². The standard InChI is InChI=1S/C25H27F3N4O4/c1-17-29-16-23(35-17)21-8-7-19(14-22(21)34-2)31-9-4-10-32(12-11-31)24(33)30-15-18-5-3-6-20(13-18)36-25(26,27)28/h3,5-8,13-14,16H,4,9-12,15H2,1-2H3,(H,30,33). The van der Waals surface area contributed by atoms with Crippen molar-refractivity contribution in [3.05, 3.63) is 60.1 Å². The molecule has 1 aromatic heterocycles. The van der Waals surface area contributed by atoms with Gasteiger partial charge in [-0.25, -0.2) is 9.78 Å². The van der Waals surface area contributed by atoms with E-state index >= 15 is 0 Å². The average Bonchev–Trinajstić information content (AvgIpc) is 3.12. The number of alkyl halides is 3. The van der Waals surface area contributed by atoms with Gasteiger partial charge in [0.15, 0.2) is 11.7 Å². The van der Waals surface area contributed by atoms with Crippen LogP contribution in [0.25, 0.3) is 11.3 Å². The molecule has 2 heterocycles. The van der Waals surface area contributed by atoms with E-state index in [1.54, 1.807) is 31.2 Å². The molecule has 8 nitrogen and oxygen atoms in total. The number of hydrogen-bond donors (Lipinski definition) is 1. The van der Waals surface area contributed by atoms with E-state index in [1.165, 1.54) is 18.2 Å². The monoisotopic (exact) mass is 504 g/mol. The van der Waals surface area contributed by atoms with Crippen molar-refractivity contribution in [3.63, 3.8) is 0 Å². The zero-order chi connectivity index (χ0) is 25.7. The van der Waals surface area contributed by atoms with Gasteiger partial charge in [0, 0.05) is 51.4 Å². The van der Waals surface area contributed by atoms with Gasteiger partial charge in [-0.15, -0.1) is 13.2 Å². The summed E-state index contributed by atoms with van der Waals surface area (Å²) in [6, 6.07) is 11.2. The lowest BCUT2D eigenvalue weighted by Crippen LogP contribution is -2.41. The Bertz CT molecular complexity index is 1200. The third-order valence-electron chi connectivity index (χ3n) is 5.80. The summed E-state index contributed by atoms with van der Waals surface area (Å²) in [5.74, 6) is 1.55. The highest BCUT2D eigenvalue weighted by molar-refractivity contribution is 5.74. The minimum absolute atomic E-state index is 0.0911. The van der Waals surface area contributed by atoms with Crippen molar-refractivity contribution in [1.82, 2.24) is 15.2 Å². The Labute approximate surface area is 206 Å². The Kier molecular flexibility index (Phi) is 7.56. The Hall–Kier alpha value is -3.89. The predicted molar refractivity (Wildman–Crippen MR) is 127 cm³/mol. The normalized spacial score (nSPS) is 14.4. The third-order valence-corrected chi connectivity index (χ3v) is 5.80. The van der Waals surface area contributed by atoms with Crippen LogP contribution in [0.2, 0.25) is 0 Å². The molecule has 4 rings (SSSR count). The van der Waals surface area contributed by atoms with Crippen LogP contribution in [0.3, 0.4) is 0 Å². The van der Waals surface area contributed by atoms with Crippen molar-refractivity contribution in [2.45, 2.75) is 26.3 Å². The molecule has 1 aliphatic rings. The number of benzene rings is 2. The maximum atomic E-state index is 12.7. The van der Waals surface area contributed by atoms with Crippen molar-refractivity contribution >= 4 is 11.7 Å². The Morgan fingerprint density at radius 2 is 1.97 bits per heavy atom. The van der Waals surface area contributed by atoms with Crippen LogP contribution in [0, 0.1) is 6.92 Å². The molecule has 0 saturated carbocycles. The predicted octanol–water partition coefficient (Wildman–Crippen LogP) is 4.98. The quantitative estimate of drug-likeness (QED) is 0.510. The first-order valence-corrected chi connectivity index (χ1v) is 11.4. The molecule has 192 valence electrons. The van der Waals surface area contributed by atoms with Crippen LogP contribution < -0.4 is 19.7 Å². The van der Waals surface area contributed by atoms with Crippen molar-refractivity contribution in [2.75, 3.05) is 38.2 Å². The maximum absolute atomic E-state index is 12.7. The second kappa shape index (κ2) is 10.8. The smallest absolute Gasteiger partial charge is 0.496 e. The first kappa shape index (κ1) is 25.2. The number of carbonyl (C=O) groups excluding carboxylic acids is 1. The number of ether oxygens (including phenoxy) is 2. The molecule has 1 saturated heterocycles. The first-order chi connectivity index (χ1) is 17.2. The zero-order valence-electron chi connectivity index (χ0n) is 20.0. The molecule has 0 spiro atoms. The summed E-state index contributed by atoms with van der Waals surface area (Å²) in [4.78, 5) is 20.8. The molecule has 1 fully saturated rings. The fourth-order valence-corrected chi connectivity index (χ4v) is 4.09. The number of carbonyl (C=O) groups is 1. The van der Waals surface area contributed by atoms with Crippen LogP contribution in [0.4, 0.5) is 23.7 Å². The van der Waals surface area contributed by atoms with Gasteiger partial charge in [0.05, 0.1) is 18.9 Å². The van der Waals surface area contributed by atoms with E-state index < -0.39 is 6.36 Å². The van der Waals surface area contributed by atoms with E-state index in [4.69, 9.17) is 9.15 Å². The van der Waals surface area contributed by atoms with E-state index in [1.807, 2.05) is 18.2 Å². The summed E-state index contributed by atoms with van der Waals surface area (Å²) in [7, 11) is 1.60. The molecule has 0 unspecified atom stereocenters. The van der Waals surface area contributed by atoms with Crippen LogP contribution >= 0.6 is 0 Å². The SMILES string of the molecule is COc1cc(N2CCCN(C(=O)NCc3cccc(OC(F)(F)F)c3)CC2)ccc1-c1cnc(C)o1. The molecular formula is C25H27F3N4O4. The Morgan fingerprint density at radius 1 is 1.14 bits per heavy atom. The molecule has 1 N–H and O–H groups in total. The third kappa shape index (κ3) is 6.41. The number of aryl methyl sites for hydroxylation is 1. The van der Waals surface area contributed by atoms with Crippen LogP contribution in [0.1, 0.15) is 17.9 Å². The van der Waals surface area contributed by atoms with Crippen LogP contribution in [-0.4, -0.2) is 55.6 Å². The zero-order valence-corrected chi connectivity index (χ0v) is 20.0. The van der Waals surface area contributed by atoms with E-state index in [2.05, 4.69) is 19.9 Å². The molecule has 3 aromatic rings. The average molecular weight is 505 g/mol. The number of amides is 2. The highest BCUT2D eigenvalue weighted by atomic mass is 19.4. The van der Waals surface area contributed by atoms with Crippen LogP contribution in [-0.2, 0) is 6.54 Å². The Morgan fingerprint density at radius 3 is 2.69 bits per heavy atom. The number of urea groups is 1. The molecule has 0 atom stereocenters. The highest BCUT2D eigenvalue weighted by Gasteiger charge is 2.31. The Balaban J connectivity index is 1.35. The van der Waals surface area contributed by atoms with Crippen molar-refractivity contribution < 1.29 is 31.9 Å². The summed E-state index contributed by atoms with van der Waals surface area (Å²) in [6.07, 6.45) is -2.35. The maximum Gasteiger partial charge on any atom is 0.573 e. The molecule has 1 aliphatic heterocycles.